The molecule has 2 atom stereocenters. The zero-order chi connectivity index (χ0) is 17.1. The molecular weight excluding hydrogens is 307 g/mol. The van der Waals surface area contributed by atoms with Gasteiger partial charge in [-0.2, -0.15) is 0 Å². The Hall–Kier alpha value is -2.40. The third-order valence-corrected chi connectivity index (χ3v) is 4.48. The molecule has 2 aromatic carbocycles. The molecule has 1 heterocycles. The number of aromatic hydroxyl groups is 1. The summed E-state index contributed by atoms with van der Waals surface area (Å²) in [6, 6.07) is 13.2. The third-order valence-electron chi connectivity index (χ3n) is 4.48. The summed E-state index contributed by atoms with van der Waals surface area (Å²) in [4.78, 5) is 14.5. The maximum absolute atomic E-state index is 13.1. The number of hydrogen-bond donors (Lipinski definition) is 2. The molecule has 3 rings (SSSR count). The minimum Gasteiger partial charge on any atom is -0.508 e. The highest BCUT2D eigenvalue weighted by Crippen LogP contribution is 2.31. The average Bonchev–Trinajstić information content (AvgIpc) is 2.89. The lowest BCUT2D eigenvalue weighted by Crippen LogP contribution is -2.39. The zero-order valence-corrected chi connectivity index (χ0v) is 13.6. The van der Waals surface area contributed by atoms with Crippen molar-refractivity contribution >= 4 is 5.91 Å². The van der Waals surface area contributed by atoms with Crippen LogP contribution in [0.5, 0.6) is 5.75 Å². The number of likely N-dealkylation sites (tertiary alicyclic amines) is 1. The summed E-state index contributed by atoms with van der Waals surface area (Å²) in [6.07, 6.45) is 1.08. The maximum atomic E-state index is 13.1. The number of phenolic OH excluding ortho intramolecular Hbond substituents is 1. The number of phenols is 1. The number of likely N-dealkylation sites (N-methyl/N-ethyl adjacent to an activating group) is 1. The van der Waals surface area contributed by atoms with Crippen molar-refractivity contribution < 1.29 is 14.3 Å². The predicted molar refractivity (Wildman–Crippen MR) is 90.1 cm³/mol. The topological polar surface area (TPSA) is 52.6 Å². The SMILES string of the molecule is CN1CC[C@H](NC(=O)Cc2cccc(O)c2)[C@H]1c1ccc(F)cc1. The van der Waals surface area contributed by atoms with Gasteiger partial charge in [-0.25, -0.2) is 4.39 Å². The molecule has 1 aliphatic rings. The minimum absolute atomic E-state index is 0.00901. The van der Waals surface area contributed by atoms with Gasteiger partial charge in [0, 0.05) is 12.6 Å². The van der Waals surface area contributed by atoms with Crippen molar-refractivity contribution in [1.82, 2.24) is 10.2 Å². The first-order valence-corrected chi connectivity index (χ1v) is 8.06. The molecule has 0 bridgehead atoms. The van der Waals surface area contributed by atoms with Gasteiger partial charge in [-0.15, -0.1) is 0 Å². The molecule has 2 N–H and O–H groups in total. The van der Waals surface area contributed by atoms with Gasteiger partial charge in [0.15, 0.2) is 0 Å². The lowest BCUT2D eigenvalue weighted by molar-refractivity contribution is -0.121. The van der Waals surface area contributed by atoms with E-state index in [4.69, 9.17) is 0 Å². The van der Waals surface area contributed by atoms with Crippen molar-refractivity contribution in [2.75, 3.05) is 13.6 Å². The first-order chi connectivity index (χ1) is 11.5. The predicted octanol–water partition coefficient (Wildman–Crippen LogP) is 2.64. The van der Waals surface area contributed by atoms with Crippen molar-refractivity contribution in [3.63, 3.8) is 0 Å². The second-order valence-electron chi connectivity index (χ2n) is 6.29. The van der Waals surface area contributed by atoms with Crippen LogP contribution in [0.25, 0.3) is 0 Å². The van der Waals surface area contributed by atoms with E-state index in [9.17, 15) is 14.3 Å². The summed E-state index contributed by atoms with van der Waals surface area (Å²) >= 11 is 0. The van der Waals surface area contributed by atoms with Crippen LogP contribution in [0.1, 0.15) is 23.6 Å². The molecule has 1 saturated heterocycles. The van der Waals surface area contributed by atoms with E-state index in [1.807, 2.05) is 13.1 Å². The van der Waals surface area contributed by atoms with Gasteiger partial charge in [0.05, 0.1) is 12.5 Å². The van der Waals surface area contributed by atoms with E-state index in [2.05, 4.69) is 10.2 Å². The van der Waals surface area contributed by atoms with Crippen LogP contribution in [0, 0.1) is 5.82 Å². The number of hydrogen-bond acceptors (Lipinski definition) is 3. The maximum Gasteiger partial charge on any atom is 0.224 e. The van der Waals surface area contributed by atoms with Gasteiger partial charge in [0.1, 0.15) is 11.6 Å². The molecule has 24 heavy (non-hydrogen) atoms. The summed E-state index contributed by atoms with van der Waals surface area (Å²) in [5, 5.41) is 12.6. The van der Waals surface area contributed by atoms with Crippen LogP contribution in [0.15, 0.2) is 48.5 Å². The van der Waals surface area contributed by atoms with Crippen molar-refractivity contribution in [3.05, 3.63) is 65.5 Å². The normalized spacial score (nSPS) is 20.9. The molecule has 1 aliphatic heterocycles. The summed E-state index contributed by atoms with van der Waals surface area (Å²) < 4.78 is 13.1. The molecule has 5 heteroatoms. The monoisotopic (exact) mass is 328 g/mol. The summed E-state index contributed by atoms with van der Waals surface area (Å²) in [5.41, 5.74) is 1.77. The number of nitrogens with one attached hydrogen (secondary N) is 1. The zero-order valence-electron chi connectivity index (χ0n) is 13.6. The van der Waals surface area contributed by atoms with E-state index in [0.29, 0.717) is 0 Å². The lowest BCUT2D eigenvalue weighted by Gasteiger charge is -2.26. The highest BCUT2D eigenvalue weighted by atomic mass is 19.1. The van der Waals surface area contributed by atoms with Gasteiger partial charge in [-0.05, 0) is 48.9 Å². The number of carbonyl (C=O) groups is 1. The molecule has 0 saturated carbocycles. The van der Waals surface area contributed by atoms with Crippen LogP contribution in [0.3, 0.4) is 0 Å². The van der Waals surface area contributed by atoms with Crippen LogP contribution in [0.2, 0.25) is 0 Å². The number of carbonyl (C=O) groups excluding carboxylic acids is 1. The minimum atomic E-state index is -0.260. The van der Waals surface area contributed by atoms with Crippen molar-refractivity contribution in [2.24, 2.45) is 0 Å². The van der Waals surface area contributed by atoms with Crippen LogP contribution in [0.4, 0.5) is 4.39 Å². The Kier molecular flexibility index (Phi) is 4.81. The highest BCUT2D eigenvalue weighted by molar-refractivity contribution is 5.79. The molecule has 1 amide bonds. The molecule has 0 unspecified atom stereocenters. The van der Waals surface area contributed by atoms with Crippen LogP contribution < -0.4 is 5.32 Å². The third kappa shape index (κ3) is 3.74. The van der Waals surface area contributed by atoms with E-state index in [1.165, 1.54) is 12.1 Å². The Labute approximate surface area is 140 Å². The fourth-order valence-electron chi connectivity index (χ4n) is 3.35. The smallest absolute Gasteiger partial charge is 0.224 e. The number of halogens is 1. The quantitative estimate of drug-likeness (QED) is 0.907. The molecule has 2 aromatic rings. The molecule has 126 valence electrons. The second-order valence-corrected chi connectivity index (χ2v) is 6.29. The Morgan fingerprint density at radius 3 is 2.75 bits per heavy atom. The molecule has 0 aromatic heterocycles. The average molecular weight is 328 g/mol. The summed E-state index contributed by atoms with van der Waals surface area (Å²) in [5.74, 6) is -0.179. The van der Waals surface area contributed by atoms with Crippen LogP contribution >= 0.6 is 0 Å². The van der Waals surface area contributed by atoms with Crippen molar-refractivity contribution in [3.8, 4) is 5.75 Å². The first kappa shape index (κ1) is 16.5. The van der Waals surface area contributed by atoms with E-state index in [1.54, 1.807) is 30.3 Å². The molecule has 0 spiro atoms. The van der Waals surface area contributed by atoms with Crippen LogP contribution in [-0.4, -0.2) is 35.5 Å². The molecule has 0 aliphatic carbocycles. The van der Waals surface area contributed by atoms with E-state index in [-0.39, 0.29) is 36.0 Å². The molecule has 1 fully saturated rings. The molecule has 4 nitrogen and oxygen atoms in total. The van der Waals surface area contributed by atoms with Gasteiger partial charge in [-0.1, -0.05) is 24.3 Å². The largest absolute Gasteiger partial charge is 0.508 e. The molecule has 0 radical (unpaired) electrons. The van der Waals surface area contributed by atoms with Gasteiger partial charge in [0.2, 0.25) is 5.91 Å². The number of nitrogens with zero attached hydrogens (tertiary/aromatic N) is 1. The number of benzene rings is 2. The summed E-state index contributed by atoms with van der Waals surface area (Å²) in [6.45, 7) is 0.874. The van der Waals surface area contributed by atoms with Crippen LogP contribution in [-0.2, 0) is 11.2 Å². The fraction of sp³-hybridized carbons (Fsp3) is 0.316. The number of rotatable bonds is 4. The van der Waals surface area contributed by atoms with Gasteiger partial charge >= 0.3 is 0 Å². The standard InChI is InChI=1S/C19H21FN2O2/c1-22-10-9-17(19(22)14-5-7-15(20)8-6-14)21-18(24)12-13-3-2-4-16(23)11-13/h2-8,11,17,19,23H,9-10,12H2,1H3,(H,21,24)/t17-,19+/m0/s1. The lowest BCUT2D eigenvalue weighted by atomic mass is 9.99. The molecular formula is C19H21FN2O2. The fourth-order valence-corrected chi connectivity index (χ4v) is 3.35. The second kappa shape index (κ2) is 7.01. The Morgan fingerprint density at radius 2 is 2.04 bits per heavy atom. The number of amides is 1. The Balaban J connectivity index is 1.68. The van der Waals surface area contributed by atoms with Crippen molar-refractivity contribution in [1.29, 1.82) is 0 Å². The van der Waals surface area contributed by atoms with Gasteiger partial charge < -0.3 is 10.4 Å². The highest BCUT2D eigenvalue weighted by Gasteiger charge is 2.33. The Bertz CT molecular complexity index is 718. The van der Waals surface area contributed by atoms with E-state index >= 15 is 0 Å². The van der Waals surface area contributed by atoms with Gasteiger partial charge in [-0.3, -0.25) is 9.69 Å². The van der Waals surface area contributed by atoms with Crippen molar-refractivity contribution in [2.45, 2.75) is 24.9 Å². The van der Waals surface area contributed by atoms with Gasteiger partial charge in [0.25, 0.3) is 0 Å². The summed E-state index contributed by atoms with van der Waals surface area (Å²) in [7, 11) is 2.01. The first-order valence-electron chi connectivity index (χ1n) is 8.06. The van der Waals surface area contributed by atoms with E-state index in [0.717, 1.165) is 24.1 Å². The van der Waals surface area contributed by atoms with E-state index < -0.39 is 0 Å². The Morgan fingerprint density at radius 1 is 1.29 bits per heavy atom.